The van der Waals surface area contributed by atoms with Gasteiger partial charge >= 0.3 is 0 Å². The third-order valence-electron chi connectivity index (χ3n) is 5.05. The van der Waals surface area contributed by atoms with Gasteiger partial charge in [0.05, 0.1) is 12.9 Å². The molecule has 4 rings (SSSR count). The minimum Gasteiger partial charge on any atom is -0.448 e. The van der Waals surface area contributed by atoms with Gasteiger partial charge in [-0.2, -0.15) is 0 Å². The molecule has 0 saturated carbocycles. The second kappa shape index (κ2) is 8.06. The van der Waals surface area contributed by atoms with E-state index in [2.05, 4.69) is 15.6 Å². The summed E-state index contributed by atoms with van der Waals surface area (Å²) in [4.78, 5) is 41.5. The van der Waals surface area contributed by atoms with Crippen molar-refractivity contribution in [1.82, 2.24) is 14.9 Å². The second-order valence-corrected chi connectivity index (χ2v) is 7.55. The van der Waals surface area contributed by atoms with Crippen molar-refractivity contribution in [3.63, 3.8) is 0 Å². The molecule has 0 atom stereocenters. The monoisotopic (exact) mass is 418 g/mol. The van der Waals surface area contributed by atoms with Crippen LogP contribution in [0.1, 0.15) is 16.7 Å². The van der Waals surface area contributed by atoms with E-state index >= 15 is 0 Å². The van der Waals surface area contributed by atoms with Crippen LogP contribution in [0.25, 0.3) is 22.1 Å². The Morgan fingerprint density at radius 3 is 2.52 bits per heavy atom. The Hall–Kier alpha value is -3.94. The van der Waals surface area contributed by atoms with E-state index in [1.807, 2.05) is 45.0 Å². The highest BCUT2D eigenvalue weighted by Gasteiger charge is 2.15. The summed E-state index contributed by atoms with van der Waals surface area (Å²) in [7, 11) is 0. The van der Waals surface area contributed by atoms with Crippen LogP contribution in [0, 0.1) is 20.8 Å². The first-order chi connectivity index (χ1) is 14.8. The summed E-state index contributed by atoms with van der Waals surface area (Å²) in [5.41, 5.74) is 4.42. The summed E-state index contributed by atoms with van der Waals surface area (Å²) in [6, 6.07) is 11.2. The number of aryl methyl sites for hydroxylation is 3. The zero-order valence-electron chi connectivity index (χ0n) is 17.5. The molecule has 0 bridgehead atoms. The van der Waals surface area contributed by atoms with Gasteiger partial charge in [-0.05, 0) is 44.0 Å². The summed E-state index contributed by atoms with van der Waals surface area (Å²) in [6.07, 6.45) is 1.31. The molecule has 2 amide bonds. The van der Waals surface area contributed by atoms with Crippen LogP contribution >= 0.6 is 0 Å². The van der Waals surface area contributed by atoms with Gasteiger partial charge in [-0.25, -0.2) is 4.98 Å². The number of para-hydroxylation sites is 1. The highest BCUT2D eigenvalue weighted by atomic mass is 16.3. The third kappa shape index (κ3) is 4.05. The molecule has 2 aromatic heterocycles. The van der Waals surface area contributed by atoms with Crippen LogP contribution in [0.15, 0.2) is 51.9 Å². The zero-order valence-corrected chi connectivity index (χ0v) is 17.5. The fraction of sp³-hybridized carbons (Fsp3) is 0.217. The maximum Gasteiger partial charge on any atom is 0.297 e. The lowest BCUT2D eigenvalue weighted by Crippen LogP contribution is -2.37. The molecule has 0 aliphatic rings. The minimum absolute atomic E-state index is 0.0968. The van der Waals surface area contributed by atoms with Gasteiger partial charge in [0.1, 0.15) is 17.6 Å². The largest absolute Gasteiger partial charge is 0.448 e. The molecule has 2 N–H and O–H groups in total. The summed E-state index contributed by atoms with van der Waals surface area (Å²) < 4.78 is 6.77. The van der Waals surface area contributed by atoms with E-state index in [0.717, 1.165) is 32.3 Å². The topological polar surface area (TPSA) is 106 Å². The van der Waals surface area contributed by atoms with Gasteiger partial charge in [0.15, 0.2) is 0 Å². The Kier molecular flexibility index (Phi) is 5.29. The number of rotatable bonds is 5. The normalized spacial score (nSPS) is 11.1. The molecule has 0 radical (unpaired) electrons. The number of nitrogens with one attached hydrogen (secondary N) is 2. The molecular weight excluding hydrogens is 396 g/mol. The Labute approximate surface area is 177 Å². The van der Waals surface area contributed by atoms with Gasteiger partial charge in [0.2, 0.25) is 17.4 Å². The Morgan fingerprint density at radius 2 is 1.77 bits per heavy atom. The van der Waals surface area contributed by atoms with E-state index in [1.165, 1.54) is 6.33 Å². The van der Waals surface area contributed by atoms with E-state index in [4.69, 9.17) is 4.42 Å². The maximum atomic E-state index is 12.7. The molecule has 0 saturated heterocycles. The number of carbonyl (C=O) groups excluding carboxylic acids is 2. The number of carbonyl (C=O) groups is 2. The van der Waals surface area contributed by atoms with Crippen molar-refractivity contribution in [1.29, 1.82) is 0 Å². The van der Waals surface area contributed by atoms with Gasteiger partial charge in [0.25, 0.3) is 5.56 Å². The van der Waals surface area contributed by atoms with Crippen molar-refractivity contribution in [3.8, 4) is 0 Å². The van der Waals surface area contributed by atoms with Gasteiger partial charge < -0.3 is 15.1 Å². The Bertz CT molecular complexity index is 1360. The van der Waals surface area contributed by atoms with Crippen LogP contribution in [0.2, 0.25) is 0 Å². The third-order valence-corrected chi connectivity index (χ3v) is 5.05. The summed E-state index contributed by atoms with van der Waals surface area (Å²) in [5, 5.41) is 6.10. The average molecular weight is 418 g/mol. The molecule has 0 aliphatic carbocycles. The fourth-order valence-electron chi connectivity index (χ4n) is 3.68. The maximum absolute atomic E-state index is 12.7. The molecule has 31 heavy (non-hydrogen) atoms. The minimum atomic E-state index is -0.480. The van der Waals surface area contributed by atoms with E-state index in [-0.39, 0.29) is 24.6 Å². The molecule has 8 heteroatoms. The van der Waals surface area contributed by atoms with E-state index in [1.54, 1.807) is 12.1 Å². The van der Waals surface area contributed by atoms with Crippen molar-refractivity contribution in [2.75, 3.05) is 11.9 Å². The van der Waals surface area contributed by atoms with E-state index in [0.29, 0.717) is 11.1 Å². The van der Waals surface area contributed by atoms with E-state index < -0.39 is 11.5 Å². The number of nitrogens with zero attached hydrogens (tertiary/aromatic N) is 2. The Morgan fingerprint density at radius 1 is 1.06 bits per heavy atom. The lowest BCUT2D eigenvalue weighted by atomic mass is 10.1. The van der Waals surface area contributed by atoms with Crippen molar-refractivity contribution in [3.05, 3.63) is 69.8 Å². The predicted molar refractivity (Wildman–Crippen MR) is 118 cm³/mol. The lowest BCUT2D eigenvalue weighted by Gasteiger charge is -2.13. The molecule has 2 heterocycles. The first-order valence-electron chi connectivity index (χ1n) is 9.84. The summed E-state index contributed by atoms with van der Waals surface area (Å²) in [5.74, 6) is -0.825. The number of anilines is 1. The van der Waals surface area contributed by atoms with Crippen molar-refractivity contribution < 1.29 is 14.0 Å². The average Bonchev–Trinajstić information content (AvgIpc) is 3.11. The van der Waals surface area contributed by atoms with Crippen LogP contribution < -0.4 is 16.2 Å². The smallest absolute Gasteiger partial charge is 0.297 e. The SMILES string of the molecule is Cc1cc(C)c(NC(=O)CNC(=O)Cn2cnc3c(oc4ccccc43)c2=O)c(C)c1. The second-order valence-electron chi connectivity index (χ2n) is 7.55. The molecule has 0 fully saturated rings. The van der Waals surface area contributed by atoms with Gasteiger partial charge in [-0.1, -0.05) is 29.8 Å². The molecule has 2 aromatic carbocycles. The molecule has 0 spiro atoms. The van der Waals surface area contributed by atoms with Crippen LogP contribution in [-0.2, 0) is 16.1 Å². The number of amides is 2. The van der Waals surface area contributed by atoms with Gasteiger partial charge in [-0.3, -0.25) is 19.0 Å². The van der Waals surface area contributed by atoms with Crippen LogP contribution in [0.3, 0.4) is 0 Å². The van der Waals surface area contributed by atoms with Crippen molar-refractivity contribution >= 4 is 39.6 Å². The number of benzene rings is 2. The van der Waals surface area contributed by atoms with E-state index in [9.17, 15) is 14.4 Å². The van der Waals surface area contributed by atoms with Crippen LogP contribution in [0.4, 0.5) is 5.69 Å². The molecule has 0 aliphatic heterocycles. The van der Waals surface area contributed by atoms with Crippen LogP contribution in [-0.4, -0.2) is 27.9 Å². The first-order valence-corrected chi connectivity index (χ1v) is 9.84. The van der Waals surface area contributed by atoms with Crippen LogP contribution in [0.5, 0.6) is 0 Å². The Balaban J connectivity index is 1.43. The standard InChI is InChI=1S/C23H22N4O4/c1-13-8-14(2)20(15(3)9-13)26-18(28)10-24-19(29)11-27-12-25-21-16-6-4-5-7-17(16)31-22(21)23(27)30/h4-9,12H,10-11H2,1-3H3,(H,24,29)(H,26,28). The fourth-order valence-corrected chi connectivity index (χ4v) is 3.68. The number of hydrogen-bond acceptors (Lipinski definition) is 5. The number of fused-ring (bicyclic) bond motifs is 3. The summed E-state index contributed by atoms with van der Waals surface area (Å²) >= 11 is 0. The first kappa shape index (κ1) is 20.3. The highest BCUT2D eigenvalue weighted by Crippen LogP contribution is 2.24. The van der Waals surface area contributed by atoms with Gasteiger partial charge in [0, 0.05) is 11.1 Å². The van der Waals surface area contributed by atoms with Crippen molar-refractivity contribution in [2.24, 2.45) is 0 Å². The number of furan rings is 1. The number of aromatic nitrogens is 2. The molecular formula is C23H22N4O4. The number of hydrogen-bond donors (Lipinski definition) is 2. The zero-order chi connectivity index (χ0) is 22.1. The quantitative estimate of drug-likeness (QED) is 0.518. The lowest BCUT2D eigenvalue weighted by molar-refractivity contribution is -0.124. The van der Waals surface area contributed by atoms with Gasteiger partial charge in [-0.15, -0.1) is 0 Å². The molecule has 0 unspecified atom stereocenters. The highest BCUT2D eigenvalue weighted by molar-refractivity contribution is 6.01. The molecule has 4 aromatic rings. The molecule has 8 nitrogen and oxygen atoms in total. The van der Waals surface area contributed by atoms with Crippen molar-refractivity contribution in [2.45, 2.75) is 27.3 Å². The predicted octanol–water partition coefficient (Wildman–Crippen LogP) is 2.82. The molecule has 158 valence electrons. The summed E-state index contributed by atoms with van der Waals surface area (Å²) in [6.45, 7) is 5.35.